The highest BCUT2D eigenvalue weighted by Crippen LogP contribution is 2.30. The molecule has 1 heterocycles. The summed E-state index contributed by atoms with van der Waals surface area (Å²) < 4.78 is 1.01. The molecule has 0 atom stereocenters. The van der Waals surface area contributed by atoms with Crippen LogP contribution in [-0.4, -0.2) is 4.98 Å². The van der Waals surface area contributed by atoms with Crippen molar-refractivity contribution in [1.82, 2.24) is 4.98 Å². The number of fused-ring (bicyclic) bond motifs is 1. The number of pyridine rings is 1. The topological polar surface area (TPSA) is 36.7 Å². The normalized spacial score (nSPS) is 10.3. The molecule has 0 saturated carbocycles. The number of halogens is 1. The largest absolute Gasteiger partial charge is 0.264 e. The number of hydrogen-bond donors (Lipinski definition) is 0. The lowest BCUT2D eigenvalue weighted by Gasteiger charge is -2.06. The predicted molar refractivity (Wildman–Crippen MR) is 79.6 cm³/mol. The summed E-state index contributed by atoms with van der Waals surface area (Å²) in [6.45, 7) is 0. The van der Waals surface area contributed by atoms with E-state index in [1.807, 2.05) is 36.5 Å². The fourth-order valence-electron chi connectivity index (χ4n) is 2.09. The highest BCUT2D eigenvalue weighted by molar-refractivity contribution is 9.10. The highest BCUT2D eigenvalue weighted by Gasteiger charge is 2.04. The van der Waals surface area contributed by atoms with Crippen LogP contribution in [0.15, 0.2) is 59.3 Å². The summed E-state index contributed by atoms with van der Waals surface area (Å²) in [6.07, 6.45) is 3.62. The standard InChI is InChI=1S/C16H9BrN2/c17-16-8-14(7-13-4-5-19-10-15(13)16)12-3-1-2-11(6-12)9-18/h1-8,10H. The molecule has 2 nitrogen and oxygen atoms in total. The van der Waals surface area contributed by atoms with E-state index >= 15 is 0 Å². The lowest BCUT2D eigenvalue weighted by molar-refractivity contribution is 1.36. The third-order valence-corrected chi connectivity index (χ3v) is 3.69. The smallest absolute Gasteiger partial charge is 0.0991 e. The number of nitriles is 1. The van der Waals surface area contributed by atoms with E-state index in [0.29, 0.717) is 5.56 Å². The van der Waals surface area contributed by atoms with Crippen LogP contribution in [0.1, 0.15) is 5.56 Å². The van der Waals surface area contributed by atoms with Gasteiger partial charge in [-0.05, 0) is 46.8 Å². The van der Waals surface area contributed by atoms with E-state index in [4.69, 9.17) is 5.26 Å². The molecule has 90 valence electrons. The highest BCUT2D eigenvalue weighted by atomic mass is 79.9. The van der Waals surface area contributed by atoms with Gasteiger partial charge in [-0.1, -0.05) is 28.1 Å². The van der Waals surface area contributed by atoms with E-state index in [0.717, 1.165) is 26.4 Å². The monoisotopic (exact) mass is 308 g/mol. The summed E-state index contributed by atoms with van der Waals surface area (Å²) in [4.78, 5) is 4.13. The zero-order chi connectivity index (χ0) is 13.2. The molecule has 0 aliphatic rings. The van der Waals surface area contributed by atoms with Crippen molar-refractivity contribution in [2.24, 2.45) is 0 Å². The van der Waals surface area contributed by atoms with Gasteiger partial charge in [-0.15, -0.1) is 0 Å². The zero-order valence-electron chi connectivity index (χ0n) is 9.97. The van der Waals surface area contributed by atoms with Gasteiger partial charge in [0.25, 0.3) is 0 Å². The minimum Gasteiger partial charge on any atom is -0.264 e. The molecule has 0 aliphatic heterocycles. The third-order valence-electron chi connectivity index (χ3n) is 3.03. The van der Waals surface area contributed by atoms with Crippen molar-refractivity contribution in [2.45, 2.75) is 0 Å². The van der Waals surface area contributed by atoms with Crippen LogP contribution in [0.3, 0.4) is 0 Å². The molecule has 0 unspecified atom stereocenters. The zero-order valence-corrected chi connectivity index (χ0v) is 11.6. The minimum atomic E-state index is 0.670. The van der Waals surface area contributed by atoms with E-state index in [1.165, 1.54) is 0 Å². The number of hydrogen-bond acceptors (Lipinski definition) is 2. The Labute approximate surface area is 119 Å². The average molecular weight is 309 g/mol. The van der Waals surface area contributed by atoms with E-state index in [2.05, 4.69) is 39.1 Å². The van der Waals surface area contributed by atoms with Gasteiger partial charge in [0.1, 0.15) is 0 Å². The fraction of sp³-hybridized carbons (Fsp3) is 0. The van der Waals surface area contributed by atoms with Gasteiger partial charge < -0.3 is 0 Å². The molecule has 3 rings (SSSR count). The van der Waals surface area contributed by atoms with E-state index in [9.17, 15) is 0 Å². The van der Waals surface area contributed by atoms with Gasteiger partial charge in [0.2, 0.25) is 0 Å². The second-order valence-corrected chi connectivity index (χ2v) is 5.10. The first-order chi connectivity index (χ1) is 9.28. The second kappa shape index (κ2) is 4.83. The van der Waals surface area contributed by atoms with Crippen LogP contribution in [0.25, 0.3) is 21.9 Å². The van der Waals surface area contributed by atoms with Crippen molar-refractivity contribution in [1.29, 1.82) is 5.26 Å². The van der Waals surface area contributed by atoms with Gasteiger partial charge in [-0.25, -0.2) is 0 Å². The van der Waals surface area contributed by atoms with Crippen LogP contribution in [0.2, 0.25) is 0 Å². The Kier molecular flexibility index (Phi) is 3.02. The van der Waals surface area contributed by atoms with Gasteiger partial charge in [0, 0.05) is 22.3 Å². The van der Waals surface area contributed by atoms with Crippen molar-refractivity contribution in [3.63, 3.8) is 0 Å². The molecule has 0 bridgehead atoms. The molecule has 0 aliphatic carbocycles. The van der Waals surface area contributed by atoms with Gasteiger partial charge in [-0.3, -0.25) is 4.98 Å². The molecule has 0 amide bonds. The van der Waals surface area contributed by atoms with Crippen molar-refractivity contribution in [3.05, 3.63) is 64.9 Å². The summed E-state index contributed by atoms with van der Waals surface area (Å²) in [5.41, 5.74) is 2.80. The van der Waals surface area contributed by atoms with Crippen molar-refractivity contribution < 1.29 is 0 Å². The molecule has 19 heavy (non-hydrogen) atoms. The lowest BCUT2D eigenvalue weighted by atomic mass is 10.0. The lowest BCUT2D eigenvalue weighted by Crippen LogP contribution is -1.83. The second-order valence-electron chi connectivity index (χ2n) is 4.25. The van der Waals surface area contributed by atoms with Crippen molar-refractivity contribution in [2.75, 3.05) is 0 Å². The number of benzene rings is 2. The van der Waals surface area contributed by atoms with Crippen LogP contribution in [0.4, 0.5) is 0 Å². The summed E-state index contributed by atoms with van der Waals surface area (Å²) in [6, 6.07) is 15.9. The molecular weight excluding hydrogens is 300 g/mol. The van der Waals surface area contributed by atoms with Crippen LogP contribution in [0.5, 0.6) is 0 Å². The summed E-state index contributed by atoms with van der Waals surface area (Å²) >= 11 is 3.58. The SMILES string of the molecule is N#Cc1cccc(-c2cc(Br)c3cnccc3c2)c1. The molecule has 0 spiro atoms. The fourth-order valence-corrected chi connectivity index (χ4v) is 2.67. The Bertz CT molecular complexity index is 803. The maximum absolute atomic E-state index is 8.97. The molecule has 3 heteroatoms. The Balaban J connectivity index is 2.23. The summed E-state index contributed by atoms with van der Waals surface area (Å²) in [5, 5.41) is 11.2. The molecule has 0 fully saturated rings. The van der Waals surface area contributed by atoms with Gasteiger partial charge >= 0.3 is 0 Å². The molecule has 1 aromatic heterocycles. The first-order valence-corrected chi connectivity index (χ1v) is 6.61. The predicted octanol–water partition coefficient (Wildman–Crippen LogP) is 4.54. The Morgan fingerprint density at radius 3 is 2.79 bits per heavy atom. The van der Waals surface area contributed by atoms with Gasteiger partial charge in [0.15, 0.2) is 0 Å². The van der Waals surface area contributed by atoms with E-state index in [1.54, 1.807) is 6.20 Å². The molecule has 3 aromatic rings. The first-order valence-electron chi connectivity index (χ1n) is 5.82. The van der Waals surface area contributed by atoms with Crippen molar-refractivity contribution >= 4 is 26.7 Å². The maximum Gasteiger partial charge on any atom is 0.0991 e. The summed E-state index contributed by atoms with van der Waals surface area (Å²) in [5.74, 6) is 0. The van der Waals surface area contributed by atoms with Crippen LogP contribution in [-0.2, 0) is 0 Å². The first kappa shape index (κ1) is 11.9. The van der Waals surface area contributed by atoms with Crippen molar-refractivity contribution in [3.8, 4) is 17.2 Å². The minimum absolute atomic E-state index is 0.670. The number of aromatic nitrogens is 1. The van der Waals surface area contributed by atoms with E-state index < -0.39 is 0 Å². The third kappa shape index (κ3) is 2.23. The molecule has 0 saturated heterocycles. The quantitative estimate of drug-likeness (QED) is 0.662. The Morgan fingerprint density at radius 1 is 1.05 bits per heavy atom. The average Bonchev–Trinajstić information content (AvgIpc) is 2.47. The summed E-state index contributed by atoms with van der Waals surface area (Å²) in [7, 11) is 0. The number of nitrogens with zero attached hydrogens (tertiary/aromatic N) is 2. The molecule has 2 aromatic carbocycles. The van der Waals surface area contributed by atoms with Crippen LogP contribution < -0.4 is 0 Å². The number of rotatable bonds is 1. The maximum atomic E-state index is 8.97. The van der Waals surface area contributed by atoms with Crippen LogP contribution >= 0.6 is 15.9 Å². The Morgan fingerprint density at radius 2 is 1.95 bits per heavy atom. The van der Waals surface area contributed by atoms with Gasteiger partial charge in [0.05, 0.1) is 11.6 Å². The molecule has 0 radical (unpaired) electrons. The van der Waals surface area contributed by atoms with Gasteiger partial charge in [-0.2, -0.15) is 5.26 Å². The molecule has 0 N–H and O–H groups in total. The Hall–Kier alpha value is -2.18. The van der Waals surface area contributed by atoms with E-state index in [-0.39, 0.29) is 0 Å². The molecular formula is C16H9BrN2. The van der Waals surface area contributed by atoms with Crippen LogP contribution in [0, 0.1) is 11.3 Å².